The molecule has 0 radical (unpaired) electrons. The predicted molar refractivity (Wildman–Crippen MR) is 79.4 cm³/mol. The number of benzene rings is 2. The Hall–Kier alpha value is -2.67. The average Bonchev–Trinajstić information content (AvgIpc) is 2.51. The van der Waals surface area contributed by atoms with E-state index in [0.717, 1.165) is 23.8 Å². The summed E-state index contributed by atoms with van der Waals surface area (Å²) in [6, 6.07) is 10.3. The van der Waals surface area contributed by atoms with Crippen LogP contribution in [0.3, 0.4) is 0 Å². The van der Waals surface area contributed by atoms with Gasteiger partial charge in [-0.15, -0.1) is 0 Å². The molecule has 2 aromatic carbocycles. The molecule has 0 saturated heterocycles. The van der Waals surface area contributed by atoms with Crippen LogP contribution in [0.25, 0.3) is 0 Å². The lowest BCUT2D eigenvalue weighted by atomic mass is 10.2. The summed E-state index contributed by atoms with van der Waals surface area (Å²) in [4.78, 5) is 10.3. The molecule has 0 heterocycles. The normalized spacial score (nSPS) is 10.3. The van der Waals surface area contributed by atoms with Gasteiger partial charge in [0.05, 0.1) is 11.5 Å². The minimum Gasteiger partial charge on any atom is -0.491 e. The number of nitrogens with zero attached hydrogens (tertiary/aromatic N) is 1. The number of rotatable bonds is 7. The Kier molecular flexibility index (Phi) is 5.26. The molecular weight excluding hydrogens is 291 g/mol. The highest BCUT2D eigenvalue weighted by Gasteiger charge is 2.13. The van der Waals surface area contributed by atoms with Gasteiger partial charge in [0, 0.05) is 18.7 Å². The van der Waals surface area contributed by atoms with Crippen LogP contribution in [0.4, 0.5) is 15.8 Å². The van der Waals surface area contributed by atoms with Crippen molar-refractivity contribution < 1.29 is 19.2 Å². The lowest BCUT2D eigenvalue weighted by Gasteiger charge is -2.09. The first-order valence-electron chi connectivity index (χ1n) is 6.60. The van der Waals surface area contributed by atoms with Crippen molar-refractivity contribution in [1.82, 2.24) is 0 Å². The summed E-state index contributed by atoms with van der Waals surface area (Å²) in [6.07, 6.45) is 0. The summed E-state index contributed by atoms with van der Waals surface area (Å²) in [7, 11) is 0. The van der Waals surface area contributed by atoms with E-state index in [9.17, 15) is 14.5 Å². The lowest BCUT2D eigenvalue weighted by molar-refractivity contribution is -0.384. The smallest absolute Gasteiger partial charge is 0.292 e. The van der Waals surface area contributed by atoms with Gasteiger partial charge in [-0.1, -0.05) is 12.1 Å². The molecule has 0 saturated carbocycles. The zero-order valence-corrected chi connectivity index (χ0v) is 11.7. The molecule has 22 heavy (non-hydrogen) atoms. The zero-order chi connectivity index (χ0) is 15.9. The van der Waals surface area contributed by atoms with E-state index in [1.807, 2.05) is 0 Å². The summed E-state index contributed by atoms with van der Waals surface area (Å²) in [5, 5.41) is 22.4. The van der Waals surface area contributed by atoms with Crippen molar-refractivity contribution >= 4 is 11.4 Å². The lowest BCUT2D eigenvalue weighted by Crippen LogP contribution is -2.04. The fourth-order valence-electron chi connectivity index (χ4n) is 1.87. The third kappa shape index (κ3) is 4.16. The highest BCUT2D eigenvalue weighted by Crippen LogP contribution is 2.25. The molecule has 2 rings (SSSR count). The third-order valence-electron chi connectivity index (χ3n) is 2.92. The minimum atomic E-state index is -0.562. The van der Waals surface area contributed by atoms with E-state index in [4.69, 9.17) is 9.84 Å². The Morgan fingerprint density at radius 2 is 1.95 bits per heavy atom. The number of hydrogen-bond donors (Lipinski definition) is 2. The summed E-state index contributed by atoms with van der Waals surface area (Å²) in [6.45, 7) is 0.463. The fourth-order valence-corrected chi connectivity index (χ4v) is 1.87. The van der Waals surface area contributed by atoms with Crippen LogP contribution in [-0.2, 0) is 6.54 Å². The van der Waals surface area contributed by atoms with Crippen molar-refractivity contribution in [3.05, 3.63) is 64.0 Å². The molecule has 0 atom stereocenters. The van der Waals surface area contributed by atoms with Gasteiger partial charge in [-0.2, -0.15) is 0 Å². The van der Waals surface area contributed by atoms with Crippen molar-refractivity contribution in [3.8, 4) is 5.75 Å². The van der Waals surface area contributed by atoms with Crippen LogP contribution in [0.15, 0.2) is 42.5 Å². The number of nitro groups is 1. The van der Waals surface area contributed by atoms with E-state index in [0.29, 0.717) is 12.3 Å². The van der Waals surface area contributed by atoms with Crippen molar-refractivity contribution in [1.29, 1.82) is 0 Å². The Labute approximate surface area is 126 Å². The molecule has 0 aliphatic heterocycles. The second-order valence-corrected chi connectivity index (χ2v) is 4.49. The van der Waals surface area contributed by atoms with Crippen molar-refractivity contribution in [2.45, 2.75) is 6.54 Å². The van der Waals surface area contributed by atoms with Crippen LogP contribution in [-0.4, -0.2) is 23.2 Å². The van der Waals surface area contributed by atoms with Gasteiger partial charge in [0.1, 0.15) is 23.9 Å². The molecule has 0 aromatic heterocycles. The maximum Gasteiger partial charge on any atom is 0.292 e. The number of nitro benzene ring substituents is 1. The van der Waals surface area contributed by atoms with E-state index >= 15 is 0 Å². The van der Waals surface area contributed by atoms with Gasteiger partial charge in [-0.25, -0.2) is 4.39 Å². The molecule has 0 fully saturated rings. The van der Waals surface area contributed by atoms with E-state index < -0.39 is 10.7 Å². The Bertz CT molecular complexity index is 646. The molecular formula is C15H15FN2O4. The van der Waals surface area contributed by atoms with Crippen LogP contribution < -0.4 is 10.1 Å². The number of halogens is 1. The number of nitrogens with one attached hydrogen (secondary N) is 1. The molecule has 116 valence electrons. The summed E-state index contributed by atoms with van der Waals surface area (Å²) < 4.78 is 18.4. The Morgan fingerprint density at radius 1 is 1.23 bits per heavy atom. The summed E-state index contributed by atoms with van der Waals surface area (Å²) >= 11 is 0. The predicted octanol–water partition coefficient (Wildman–Crippen LogP) is 2.72. The summed E-state index contributed by atoms with van der Waals surface area (Å²) in [5.74, 6) is 0.0791. The number of aliphatic hydroxyl groups is 1. The summed E-state index contributed by atoms with van der Waals surface area (Å²) in [5.41, 5.74) is 0.810. The van der Waals surface area contributed by atoms with Gasteiger partial charge >= 0.3 is 0 Å². The second-order valence-electron chi connectivity index (χ2n) is 4.49. The average molecular weight is 306 g/mol. The van der Waals surface area contributed by atoms with Crippen LogP contribution in [0.5, 0.6) is 5.75 Å². The first-order valence-corrected chi connectivity index (χ1v) is 6.60. The minimum absolute atomic E-state index is 0.0630. The molecule has 0 bridgehead atoms. The number of ether oxygens (including phenoxy) is 1. The largest absolute Gasteiger partial charge is 0.491 e. The first-order chi connectivity index (χ1) is 10.6. The Balaban J connectivity index is 2.03. The standard InChI is InChI=1S/C15H15FN2O4/c16-12-3-6-15(18(20)21)14(9-12)17-10-11-1-4-13(5-2-11)22-8-7-19/h1-6,9,17,19H,7-8,10H2. The van der Waals surface area contributed by atoms with Crippen LogP contribution in [0.1, 0.15) is 5.56 Å². The molecule has 0 amide bonds. The van der Waals surface area contributed by atoms with E-state index in [-0.39, 0.29) is 24.6 Å². The highest BCUT2D eigenvalue weighted by atomic mass is 19.1. The monoisotopic (exact) mass is 306 g/mol. The number of anilines is 1. The molecule has 7 heteroatoms. The van der Waals surface area contributed by atoms with Gasteiger partial charge < -0.3 is 15.2 Å². The van der Waals surface area contributed by atoms with Gasteiger partial charge in [0.25, 0.3) is 5.69 Å². The second kappa shape index (κ2) is 7.37. The van der Waals surface area contributed by atoms with E-state index in [2.05, 4.69) is 5.32 Å². The van der Waals surface area contributed by atoms with Crippen LogP contribution >= 0.6 is 0 Å². The van der Waals surface area contributed by atoms with Gasteiger partial charge in [0.2, 0.25) is 0 Å². The quantitative estimate of drug-likeness (QED) is 0.607. The van der Waals surface area contributed by atoms with Gasteiger partial charge in [-0.05, 0) is 23.8 Å². The third-order valence-corrected chi connectivity index (χ3v) is 2.92. The van der Waals surface area contributed by atoms with Crippen LogP contribution in [0.2, 0.25) is 0 Å². The Morgan fingerprint density at radius 3 is 2.59 bits per heavy atom. The van der Waals surface area contributed by atoms with E-state index in [1.165, 1.54) is 0 Å². The topological polar surface area (TPSA) is 84.6 Å². The van der Waals surface area contributed by atoms with Crippen molar-refractivity contribution in [2.24, 2.45) is 0 Å². The van der Waals surface area contributed by atoms with Gasteiger partial charge in [0.15, 0.2) is 0 Å². The SMILES string of the molecule is O=[N+]([O-])c1ccc(F)cc1NCc1ccc(OCCO)cc1. The highest BCUT2D eigenvalue weighted by molar-refractivity contribution is 5.61. The molecule has 0 unspecified atom stereocenters. The molecule has 0 aliphatic rings. The number of aliphatic hydroxyl groups excluding tert-OH is 1. The van der Waals surface area contributed by atoms with Crippen molar-refractivity contribution in [2.75, 3.05) is 18.5 Å². The zero-order valence-electron chi connectivity index (χ0n) is 11.7. The molecule has 0 aliphatic carbocycles. The number of hydrogen-bond acceptors (Lipinski definition) is 5. The molecule has 2 aromatic rings. The first kappa shape index (κ1) is 15.7. The molecule has 6 nitrogen and oxygen atoms in total. The van der Waals surface area contributed by atoms with Crippen molar-refractivity contribution in [3.63, 3.8) is 0 Å². The van der Waals surface area contributed by atoms with Crippen LogP contribution in [0, 0.1) is 15.9 Å². The van der Waals surface area contributed by atoms with E-state index in [1.54, 1.807) is 24.3 Å². The maximum absolute atomic E-state index is 13.2. The van der Waals surface area contributed by atoms with Gasteiger partial charge in [-0.3, -0.25) is 10.1 Å². The fraction of sp³-hybridized carbons (Fsp3) is 0.200. The maximum atomic E-state index is 13.2. The molecule has 0 spiro atoms. The molecule has 2 N–H and O–H groups in total.